The van der Waals surface area contributed by atoms with E-state index in [-0.39, 0.29) is 30.3 Å². The maximum atomic E-state index is 14.9. The van der Waals surface area contributed by atoms with Gasteiger partial charge in [0.05, 0.1) is 6.61 Å². The molecule has 2 aromatic carbocycles. The van der Waals surface area contributed by atoms with Crippen molar-refractivity contribution in [1.29, 1.82) is 0 Å². The van der Waals surface area contributed by atoms with Gasteiger partial charge in [-0.1, -0.05) is 36.4 Å². The number of allylic oxidation sites excluding steroid dienone is 5. The van der Waals surface area contributed by atoms with Crippen LogP contribution in [0.3, 0.4) is 0 Å². The monoisotopic (exact) mass is 486 g/mol. The van der Waals surface area contributed by atoms with E-state index < -0.39 is 23.3 Å². The van der Waals surface area contributed by atoms with E-state index in [0.717, 1.165) is 31.2 Å². The molecule has 0 radical (unpaired) electrons. The molecule has 5 heteroatoms. The Balaban J connectivity index is 1.59. The molecule has 0 unspecified atom stereocenters. The first-order valence-electron chi connectivity index (χ1n) is 12.4. The van der Waals surface area contributed by atoms with Crippen LogP contribution in [0, 0.1) is 23.5 Å². The van der Waals surface area contributed by atoms with Gasteiger partial charge in [-0.05, 0) is 93.0 Å². The van der Waals surface area contributed by atoms with Crippen LogP contribution in [0.2, 0.25) is 0 Å². The zero-order valence-corrected chi connectivity index (χ0v) is 20.6. The first-order chi connectivity index (χ1) is 16.9. The first kappa shape index (κ1) is 26.8. The van der Waals surface area contributed by atoms with Gasteiger partial charge < -0.3 is 4.74 Å². The Morgan fingerprint density at radius 3 is 2.29 bits per heavy atom. The maximum absolute atomic E-state index is 14.9. The number of hydrogen-bond donors (Lipinski definition) is 0. The van der Waals surface area contributed by atoms with Gasteiger partial charge in [0.25, 0.3) is 0 Å². The molecule has 1 saturated carbocycles. The van der Waals surface area contributed by atoms with Gasteiger partial charge in [-0.2, -0.15) is 4.39 Å². The molecule has 0 heterocycles. The summed E-state index contributed by atoms with van der Waals surface area (Å²) < 4.78 is 63.3. The molecule has 1 aliphatic carbocycles. The van der Waals surface area contributed by atoms with Crippen molar-refractivity contribution in [3.8, 4) is 16.9 Å². The van der Waals surface area contributed by atoms with E-state index in [2.05, 4.69) is 6.58 Å². The van der Waals surface area contributed by atoms with Crippen molar-refractivity contribution in [3.63, 3.8) is 0 Å². The molecule has 0 saturated heterocycles. The van der Waals surface area contributed by atoms with Crippen LogP contribution in [0.25, 0.3) is 11.1 Å². The minimum Gasteiger partial charge on any atom is -0.491 e. The summed E-state index contributed by atoms with van der Waals surface area (Å²) in [6.07, 6.45) is 8.30. The number of hydrogen-bond acceptors (Lipinski definition) is 1. The third-order valence-corrected chi connectivity index (χ3v) is 6.82. The lowest BCUT2D eigenvalue weighted by Gasteiger charge is -2.28. The van der Waals surface area contributed by atoms with Crippen molar-refractivity contribution in [2.45, 2.75) is 58.8 Å². The molecule has 35 heavy (non-hydrogen) atoms. The Kier molecular flexibility index (Phi) is 9.76. The number of halogens is 4. The minimum absolute atomic E-state index is 0.0195. The molecule has 2 aromatic rings. The third-order valence-electron chi connectivity index (χ3n) is 6.82. The number of aryl methyl sites for hydroxylation is 1. The summed E-state index contributed by atoms with van der Waals surface area (Å²) in [4.78, 5) is 0. The molecule has 3 rings (SSSR count). The van der Waals surface area contributed by atoms with Gasteiger partial charge in [0.15, 0.2) is 17.4 Å². The summed E-state index contributed by atoms with van der Waals surface area (Å²) in [5.41, 5.74) is 2.09. The molecular weight excluding hydrogens is 452 g/mol. The third kappa shape index (κ3) is 6.65. The summed E-state index contributed by atoms with van der Waals surface area (Å²) in [5.74, 6) is -2.96. The Hall–Kier alpha value is -2.82. The van der Waals surface area contributed by atoms with E-state index in [1.165, 1.54) is 12.1 Å². The highest BCUT2D eigenvalue weighted by Crippen LogP contribution is 2.38. The molecule has 0 aliphatic heterocycles. The fourth-order valence-electron chi connectivity index (χ4n) is 4.79. The fourth-order valence-corrected chi connectivity index (χ4v) is 4.79. The lowest BCUT2D eigenvalue weighted by Crippen LogP contribution is -2.15. The van der Waals surface area contributed by atoms with E-state index in [1.807, 2.05) is 6.08 Å². The van der Waals surface area contributed by atoms with Gasteiger partial charge >= 0.3 is 0 Å². The van der Waals surface area contributed by atoms with E-state index in [9.17, 15) is 17.6 Å². The number of benzene rings is 2. The standard InChI is InChI=1S/C30H34F4O/c1-4-20-10-14-22(15-11-20)24(5-2)28(32)26(31)9-7-8-21-12-16-23(17-13-21)25-18-19-27(35-6-3)30(34)29(25)33/h4-5,12-13,16-20,22H,1,6-11,14-15H2,2-3H3/b24-5-,28-26-. The van der Waals surface area contributed by atoms with Crippen molar-refractivity contribution in [1.82, 2.24) is 0 Å². The SMILES string of the molecule is C=CC1CCC(C(=C/C)/C(F)=C(/F)CCCc2ccc(-c3ccc(OCC)c(F)c3F)cc2)CC1. The zero-order valence-electron chi connectivity index (χ0n) is 20.6. The highest BCUT2D eigenvalue weighted by atomic mass is 19.2. The van der Waals surface area contributed by atoms with Crippen LogP contribution in [0.1, 0.15) is 57.9 Å². The van der Waals surface area contributed by atoms with Gasteiger partial charge in [0.1, 0.15) is 5.83 Å². The molecule has 0 atom stereocenters. The molecule has 1 fully saturated rings. The van der Waals surface area contributed by atoms with Crippen LogP contribution in [0.5, 0.6) is 5.75 Å². The highest BCUT2D eigenvalue weighted by molar-refractivity contribution is 5.65. The Labute approximate surface area is 206 Å². The molecule has 0 spiro atoms. The summed E-state index contributed by atoms with van der Waals surface area (Å²) in [5, 5.41) is 0. The fraction of sp³-hybridized carbons (Fsp3) is 0.400. The smallest absolute Gasteiger partial charge is 0.201 e. The Morgan fingerprint density at radius 1 is 1.00 bits per heavy atom. The normalized spacial score (nSPS) is 19.3. The second-order valence-corrected chi connectivity index (χ2v) is 9.03. The molecule has 0 amide bonds. The van der Waals surface area contributed by atoms with Crippen LogP contribution in [-0.2, 0) is 6.42 Å². The molecular formula is C30H34F4O. The second kappa shape index (κ2) is 12.8. The summed E-state index contributed by atoms with van der Waals surface area (Å²) in [6, 6.07) is 9.92. The van der Waals surface area contributed by atoms with E-state index >= 15 is 0 Å². The highest BCUT2D eigenvalue weighted by Gasteiger charge is 2.25. The maximum Gasteiger partial charge on any atom is 0.201 e. The molecule has 0 N–H and O–H groups in total. The average molecular weight is 487 g/mol. The van der Waals surface area contributed by atoms with E-state index in [4.69, 9.17) is 4.74 Å². The molecule has 1 nitrogen and oxygen atoms in total. The molecule has 1 aliphatic rings. The van der Waals surface area contributed by atoms with Crippen molar-refractivity contribution in [2.75, 3.05) is 6.61 Å². The lowest BCUT2D eigenvalue weighted by molar-refractivity contribution is 0.314. The summed E-state index contributed by atoms with van der Waals surface area (Å²) >= 11 is 0. The molecule has 0 bridgehead atoms. The first-order valence-corrected chi connectivity index (χ1v) is 12.4. The van der Waals surface area contributed by atoms with Crippen molar-refractivity contribution >= 4 is 0 Å². The summed E-state index contributed by atoms with van der Waals surface area (Å²) in [7, 11) is 0. The largest absolute Gasteiger partial charge is 0.491 e. The van der Waals surface area contributed by atoms with Gasteiger partial charge in [-0.15, -0.1) is 6.58 Å². The Morgan fingerprint density at radius 2 is 1.69 bits per heavy atom. The van der Waals surface area contributed by atoms with Crippen LogP contribution in [0.4, 0.5) is 17.6 Å². The van der Waals surface area contributed by atoms with E-state index in [1.54, 1.807) is 44.2 Å². The second-order valence-electron chi connectivity index (χ2n) is 9.03. The topological polar surface area (TPSA) is 9.23 Å². The van der Waals surface area contributed by atoms with Crippen molar-refractivity contribution in [3.05, 3.63) is 89.6 Å². The summed E-state index contributed by atoms with van der Waals surface area (Å²) in [6.45, 7) is 7.56. The zero-order chi connectivity index (χ0) is 25.4. The quantitative estimate of drug-likeness (QED) is 0.185. The van der Waals surface area contributed by atoms with Crippen LogP contribution >= 0.6 is 0 Å². The number of ether oxygens (including phenoxy) is 1. The van der Waals surface area contributed by atoms with Crippen molar-refractivity contribution < 1.29 is 22.3 Å². The van der Waals surface area contributed by atoms with Crippen LogP contribution in [0.15, 0.2) is 72.4 Å². The lowest BCUT2D eigenvalue weighted by atomic mass is 9.78. The predicted molar refractivity (Wildman–Crippen MR) is 135 cm³/mol. The predicted octanol–water partition coefficient (Wildman–Crippen LogP) is 9.44. The van der Waals surface area contributed by atoms with Gasteiger partial charge in [-0.25, -0.2) is 13.2 Å². The van der Waals surface area contributed by atoms with E-state index in [0.29, 0.717) is 29.9 Å². The van der Waals surface area contributed by atoms with Crippen LogP contribution in [-0.4, -0.2) is 6.61 Å². The molecule has 0 aromatic heterocycles. The van der Waals surface area contributed by atoms with Gasteiger partial charge in [0, 0.05) is 12.0 Å². The average Bonchev–Trinajstić information content (AvgIpc) is 2.88. The van der Waals surface area contributed by atoms with Gasteiger partial charge in [0.2, 0.25) is 5.82 Å². The minimum atomic E-state index is -1.01. The van der Waals surface area contributed by atoms with Gasteiger partial charge in [-0.3, -0.25) is 0 Å². The van der Waals surface area contributed by atoms with Crippen LogP contribution < -0.4 is 4.74 Å². The molecule has 188 valence electrons. The number of rotatable bonds is 10. The Bertz CT molecular complexity index is 1060. The van der Waals surface area contributed by atoms with Crippen molar-refractivity contribution in [2.24, 2.45) is 11.8 Å².